The Bertz CT molecular complexity index is 440. The highest BCUT2D eigenvalue weighted by Gasteiger charge is 2.28. The Morgan fingerprint density at radius 2 is 2.47 bits per heavy atom. The molecule has 7 nitrogen and oxygen atoms in total. The number of morpholine rings is 1. The summed E-state index contributed by atoms with van der Waals surface area (Å²) in [6, 6.07) is 5.32. The predicted octanol–water partition coefficient (Wildman–Crippen LogP) is -0.686. The van der Waals surface area contributed by atoms with Gasteiger partial charge in [0.25, 0.3) is 0 Å². The van der Waals surface area contributed by atoms with Gasteiger partial charge >= 0.3 is 0 Å². The van der Waals surface area contributed by atoms with Crippen molar-refractivity contribution in [3.63, 3.8) is 0 Å². The minimum Gasteiger partial charge on any atom is -0.378 e. The molecule has 1 saturated heterocycles. The van der Waals surface area contributed by atoms with Crippen molar-refractivity contribution in [3.8, 4) is 0 Å². The molecular formula is C12H19N5O2. The fourth-order valence-electron chi connectivity index (χ4n) is 2.09. The number of ether oxygens (including phenoxy) is 1. The Hall–Kier alpha value is -1.70. The normalized spacial score (nSPS) is 20.0. The van der Waals surface area contributed by atoms with Gasteiger partial charge in [-0.2, -0.15) is 0 Å². The Morgan fingerprint density at radius 3 is 3.21 bits per heavy atom. The van der Waals surface area contributed by atoms with Crippen LogP contribution in [0.4, 0.5) is 5.82 Å². The summed E-state index contributed by atoms with van der Waals surface area (Å²) >= 11 is 0. The van der Waals surface area contributed by atoms with Crippen molar-refractivity contribution in [1.29, 1.82) is 0 Å². The number of anilines is 1. The first-order valence-corrected chi connectivity index (χ1v) is 6.20. The van der Waals surface area contributed by atoms with Crippen LogP contribution in [-0.2, 0) is 16.1 Å². The number of aromatic nitrogens is 1. The van der Waals surface area contributed by atoms with Crippen molar-refractivity contribution in [2.45, 2.75) is 12.6 Å². The molecule has 1 amide bonds. The Morgan fingerprint density at radius 1 is 1.63 bits per heavy atom. The van der Waals surface area contributed by atoms with Crippen LogP contribution in [-0.4, -0.2) is 48.6 Å². The molecular weight excluding hydrogens is 246 g/mol. The molecule has 2 heterocycles. The van der Waals surface area contributed by atoms with Gasteiger partial charge in [0.1, 0.15) is 11.9 Å². The van der Waals surface area contributed by atoms with Gasteiger partial charge in [0.05, 0.1) is 18.9 Å². The minimum absolute atomic E-state index is 0.0344. The van der Waals surface area contributed by atoms with Gasteiger partial charge in [0.2, 0.25) is 5.91 Å². The zero-order valence-corrected chi connectivity index (χ0v) is 10.9. The highest BCUT2D eigenvalue weighted by Crippen LogP contribution is 2.12. The van der Waals surface area contributed by atoms with Crippen molar-refractivity contribution in [2.75, 3.05) is 32.2 Å². The maximum absolute atomic E-state index is 11.8. The fourth-order valence-corrected chi connectivity index (χ4v) is 2.09. The predicted molar refractivity (Wildman–Crippen MR) is 71.1 cm³/mol. The molecule has 7 heteroatoms. The number of nitrogen functional groups attached to an aromatic ring is 1. The third-order valence-electron chi connectivity index (χ3n) is 3.11. The van der Waals surface area contributed by atoms with E-state index in [0.29, 0.717) is 32.1 Å². The van der Waals surface area contributed by atoms with Gasteiger partial charge in [-0.15, -0.1) is 0 Å². The maximum atomic E-state index is 11.8. The quantitative estimate of drug-likeness (QED) is 0.493. The number of nitrogens with zero attached hydrogens (tertiary/aromatic N) is 2. The van der Waals surface area contributed by atoms with Crippen molar-refractivity contribution in [2.24, 2.45) is 5.84 Å². The van der Waals surface area contributed by atoms with Crippen LogP contribution in [0.1, 0.15) is 5.69 Å². The van der Waals surface area contributed by atoms with Gasteiger partial charge in [-0.3, -0.25) is 9.69 Å². The van der Waals surface area contributed by atoms with Crippen LogP contribution in [0.25, 0.3) is 0 Å². The molecule has 1 aromatic rings. The lowest BCUT2D eigenvalue weighted by Crippen LogP contribution is -2.52. The van der Waals surface area contributed by atoms with E-state index in [4.69, 9.17) is 10.6 Å². The van der Waals surface area contributed by atoms with Crippen LogP contribution in [0.15, 0.2) is 18.2 Å². The second-order valence-corrected chi connectivity index (χ2v) is 4.33. The molecule has 1 aliphatic rings. The molecule has 1 aromatic heterocycles. The number of likely N-dealkylation sites (N-methyl/N-ethyl adjacent to an activating group) is 1. The largest absolute Gasteiger partial charge is 0.378 e. The van der Waals surface area contributed by atoms with E-state index in [2.05, 4.69) is 20.6 Å². The van der Waals surface area contributed by atoms with Gasteiger partial charge < -0.3 is 15.5 Å². The van der Waals surface area contributed by atoms with Crippen molar-refractivity contribution < 1.29 is 9.53 Å². The molecule has 0 aromatic carbocycles. The molecule has 19 heavy (non-hydrogen) atoms. The van der Waals surface area contributed by atoms with E-state index in [-0.39, 0.29) is 11.9 Å². The van der Waals surface area contributed by atoms with E-state index in [9.17, 15) is 4.79 Å². The summed E-state index contributed by atoms with van der Waals surface area (Å²) in [5, 5.41) is 2.66. The van der Waals surface area contributed by atoms with Gasteiger partial charge in [-0.25, -0.2) is 10.8 Å². The second-order valence-electron chi connectivity index (χ2n) is 4.33. The van der Waals surface area contributed by atoms with E-state index in [1.807, 2.05) is 12.1 Å². The number of hydrogen-bond acceptors (Lipinski definition) is 6. The zero-order chi connectivity index (χ0) is 13.7. The average molecular weight is 265 g/mol. The van der Waals surface area contributed by atoms with E-state index >= 15 is 0 Å². The van der Waals surface area contributed by atoms with Gasteiger partial charge in [0, 0.05) is 20.1 Å². The zero-order valence-electron chi connectivity index (χ0n) is 10.9. The van der Waals surface area contributed by atoms with Crippen molar-refractivity contribution >= 4 is 11.7 Å². The molecule has 104 valence electrons. The standard InChI is InChI=1S/C12H19N5O2/c1-14-12(18)10-8-19-6-5-17(10)7-9-3-2-4-11(15-9)16-13/h2-4,10H,5-8,13H2,1H3,(H,14,18)(H,15,16). The first-order chi connectivity index (χ1) is 9.24. The molecule has 0 radical (unpaired) electrons. The molecule has 0 aliphatic carbocycles. The highest BCUT2D eigenvalue weighted by atomic mass is 16.5. The summed E-state index contributed by atoms with van der Waals surface area (Å²) in [6.45, 7) is 2.34. The summed E-state index contributed by atoms with van der Waals surface area (Å²) in [6.07, 6.45) is 0. The smallest absolute Gasteiger partial charge is 0.239 e. The number of carbonyl (C=O) groups excluding carboxylic acids is 1. The summed E-state index contributed by atoms with van der Waals surface area (Å²) in [7, 11) is 1.63. The van der Waals surface area contributed by atoms with Gasteiger partial charge in [0.15, 0.2) is 0 Å². The average Bonchev–Trinajstić information content (AvgIpc) is 2.47. The number of nitrogens with one attached hydrogen (secondary N) is 2. The molecule has 1 fully saturated rings. The lowest BCUT2D eigenvalue weighted by Gasteiger charge is -2.33. The molecule has 0 bridgehead atoms. The lowest BCUT2D eigenvalue weighted by atomic mass is 10.2. The van der Waals surface area contributed by atoms with E-state index in [1.165, 1.54) is 0 Å². The topological polar surface area (TPSA) is 92.5 Å². The van der Waals surface area contributed by atoms with Crippen molar-refractivity contribution in [1.82, 2.24) is 15.2 Å². The first kappa shape index (κ1) is 13.7. The summed E-state index contributed by atoms with van der Waals surface area (Å²) < 4.78 is 5.36. The van der Waals surface area contributed by atoms with Gasteiger partial charge in [-0.1, -0.05) is 6.07 Å². The van der Waals surface area contributed by atoms with E-state index in [1.54, 1.807) is 13.1 Å². The third kappa shape index (κ3) is 3.40. The summed E-state index contributed by atoms with van der Waals surface area (Å²) in [5.74, 6) is 5.92. The van der Waals surface area contributed by atoms with E-state index in [0.717, 1.165) is 5.69 Å². The van der Waals surface area contributed by atoms with Crippen LogP contribution in [0.3, 0.4) is 0 Å². The molecule has 1 aliphatic heterocycles. The molecule has 2 rings (SSSR count). The Labute approximate surface area is 112 Å². The molecule has 4 N–H and O–H groups in total. The first-order valence-electron chi connectivity index (χ1n) is 6.20. The fraction of sp³-hybridized carbons (Fsp3) is 0.500. The number of rotatable bonds is 4. The molecule has 1 atom stereocenters. The second kappa shape index (κ2) is 6.46. The Balaban J connectivity index is 2.08. The van der Waals surface area contributed by atoms with Crippen LogP contribution >= 0.6 is 0 Å². The van der Waals surface area contributed by atoms with Crippen LogP contribution in [0, 0.1) is 0 Å². The maximum Gasteiger partial charge on any atom is 0.239 e. The Kier molecular flexibility index (Phi) is 4.67. The third-order valence-corrected chi connectivity index (χ3v) is 3.11. The minimum atomic E-state index is -0.268. The number of nitrogens with two attached hydrogens (primary N) is 1. The molecule has 0 spiro atoms. The van der Waals surface area contributed by atoms with Crippen LogP contribution in [0.5, 0.6) is 0 Å². The number of amides is 1. The van der Waals surface area contributed by atoms with E-state index < -0.39 is 0 Å². The summed E-state index contributed by atoms with van der Waals surface area (Å²) in [5.41, 5.74) is 3.38. The summed E-state index contributed by atoms with van der Waals surface area (Å²) in [4.78, 5) is 18.2. The number of carbonyl (C=O) groups is 1. The number of pyridine rings is 1. The molecule has 1 unspecified atom stereocenters. The SMILES string of the molecule is CNC(=O)C1COCCN1Cc1cccc(NN)n1. The lowest BCUT2D eigenvalue weighted by molar-refractivity contribution is -0.132. The highest BCUT2D eigenvalue weighted by molar-refractivity contribution is 5.81. The van der Waals surface area contributed by atoms with Crippen molar-refractivity contribution in [3.05, 3.63) is 23.9 Å². The number of hydrogen-bond donors (Lipinski definition) is 3. The van der Waals surface area contributed by atoms with Crippen LogP contribution < -0.4 is 16.6 Å². The van der Waals surface area contributed by atoms with Gasteiger partial charge in [-0.05, 0) is 12.1 Å². The molecule has 0 saturated carbocycles. The monoisotopic (exact) mass is 265 g/mol. The van der Waals surface area contributed by atoms with Crippen LogP contribution in [0.2, 0.25) is 0 Å². The number of hydrazine groups is 1.